The number of carbonyl (C=O) groups excluding carboxylic acids is 1. The number of hydrogen-bond acceptors (Lipinski definition) is 3. The molecule has 3 aromatic rings. The standard InChI is InChI=1S/C19H17ClN2OS/c1-14-13-24-19(21-14)22(16-8-3-2-4-9-16)18(23)12-11-15-7-5-6-10-17(15)20/h2-10,13H,11-12H2,1H3. The molecule has 1 amide bonds. The second-order valence-electron chi connectivity index (χ2n) is 5.43. The predicted molar refractivity (Wildman–Crippen MR) is 100 cm³/mol. The van der Waals surface area contributed by atoms with E-state index in [0.717, 1.165) is 16.9 Å². The molecule has 0 aliphatic rings. The molecule has 0 radical (unpaired) electrons. The number of rotatable bonds is 5. The lowest BCUT2D eigenvalue weighted by molar-refractivity contribution is -0.117. The van der Waals surface area contributed by atoms with Crippen LogP contribution in [0.25, 0.3) is 0 Å². The maximum atomic E-state index is 12.9. The summed E-state index contributed by atoms with van der Waals surface area (Å²) >= 11 is 7.66. The molecule has 5 heteroatoms. The lowest BCUT2D eigenvalue weighted by atomic mass is 10.1. The van der Waals surface area contributed by atoms with E-state index in [9.17, 15) is 4.79 Å². The van der Waals surface area contributed by atoms with Gasteiger partial charge in [0.05, 0.1) is 11.4 Å². The highest BCUT2D eigenvalue weighted by molar-refractivity contribution is 7.14. The highest BCUT2D eigenvalue weighted by atomic mass is 35.5. The summed E-state index contributed by atoms with van der Waals surface area (Å²) < 4.78 is 0. The van der Waals surface area contributed by atoms with Gasteiger partial charge in [-0.25, -0.2) is 4.98 Å². The van der Waals surface area contributed by atoms with Crippen LogP contribution in [0.3, 0.4) is 0 Å². The van der Waals surface area contributed by atoms with E-state index in [2.05, 4.69) is 4.98 Å². The fraction of sp³-hybridized carbons (Fsp3) is 0.158. The third kappa shape index (κ3) is 3.83. The first-order valence-corrected chi connectivity index (χ1v) is 8.94. The van der Waals surface area contributed by atoms with Crippen molar-refractivity contribution in [3.63, 3.8) is 0 Å². The monoisotopic (exact) mass is 356 g/mol. The minimum absolute atomic E-state index is 0.00969. The van der Waals surface area contributed by atoms with Crippen LogP contribution in [0.2, 0.25) is 5.02 Å². The molecular weight excluding hydrogens is 340 g/mol. The molecule has 122 valence electrons. The van der Waals surface area contributed by atoms with Crippen molar-refractivity contribution < 1.29 is 4.79 Å². The summed E-state index contributed by atoms with van der Waals surface area (Å²) in [5.74, 6) is 0.00969. The third-order valence-electron chi connectivity index (χ3n) is 3.63. The van der Waals surface area contributed by atoms with E-state index < -0.39 is 0 Å². The van der Waals surface area contributed by atoms with E-state index in [1.165, 1.54) is 11.3 Å². The van der Waals surface area contributed by atoms with Gasteiger partial charge in [-0.1, -0.05) is 48.0 Å². The summed E-state index contributed by atoms with van der Waals surface area (Å²) in [7, 11) is 0. The summed E-state index contributed by atoms with van der Waals surface area (Å²) in [5, 5.41) is 3.34. The predicted octanol–water partition coefficient (Wildman–Crippen LogP) is 5.40. The number of para-hydroxylation sites is 1. The number of nitrogens with zero attached hydrogens (tertiary/aromatic N) is 2. The Morgan fingerprint density at radius 2 is 1.83 bits per heavy atom. The van der Waals surface area contributed by atoms with E-state index >= 15 is 0 Å². The molecule has 1 heterocycles. The van der Waals surface area contributed by atoms with Crippen LogP contribution in [0.1, 0.15) is 17.7 Å². The lowest BCUT2D eigenvalue weighted by Gasteiger charge is -2.20. The number of halogens is 1. The molecule has 0 atom stereocenters. The first kappa shape index (κ1) is 16.7. The molecule has 0 spiro atoms. The first-order chi connectivity index (χ1) is 11.6. The van der Waals surface area contributed by atoms with E-state index in [4.69, 9.17) is 11.6 Å². The average Bonchev–Trinajstić information content (AvgIpc) is 3.01. The van der Waals surface area contributed by atoms with Crippen LogP contribution in [0.4, 0.5) is 10.8 Å². The van der Waals surface area contributed by atoms with Crippen molar-refractivity contribution in [2.24, 2.45) is 0 Å². The van der Waals surface area contributed by atoms with Crippen molar-refractivity contribution in [2.45, 2.75) is 19.8 Å². The molecule has 0 aliphatic carbocycles. The fourth-order valence-corrected chi connectivity index (χ4v) is 3.51. The largest absolute Gasteiger partial charge is 0.274 e. The first-order valence-electron chi connectivity index (χ1n) is 7.68. The van der Waals surface area contributed by atoms with Gasteiger partial charge in [0, 0.05) is 16.8 Å². The summed E-state index contributed by atoms with van der Waals surface area (Å²) in [5.41, 5.74) is 2.72. The second-order valence-corrected chi connectivity index (χ2v) is 6.67. The molecule has 0 fully saturated rings. The van der Waals surface area contributed by atoms with Gasteiger partial charge in [-0.05, 0) is 37.1 Å². The number of aryl methyl sites for hydroxylation is 2. The summed E-state index contributed by atoms with van der Waals surface area (Å²) in [6.45, 7) is 1.93. The molecule has 1 aromatic heterocycles. The van der Waals surface area contributed by atoms with Crippen LogP contribution in [-0.4, -0.2) is 10.9 Å². The molecule has 0 unspecified atom stereocenters. The van der Waals surface area contributed by atoms with E-state index in [0.29, 0.717) is 23.0 Å². The SMILES string of the molecule is Cc1csc(N(C(=O)CCc2ccccc2Cl)c2ccccc2)n1. The Hall–Kier alpha value is -2.17. The lowest BCUT2D eigenvalue weighted by Crippen LogP contribution is -2.26. The minimum Gasteiger partial charge on any atom is -0.274 e. The smallest absolute Gasteiger partial charge is 0.233 e. The van der Waals surface area contributed by atoms with E-state index in [-0.39, 0.29) is 5.91 Å². The number of benzene rings is 2. The van der Waals surface area contributed by atoms with Crippen LogP contribution >= 0.6 is 22.9 Å². The van der Waals surface area contributed by atoms with E-state index in [1.54, 1.807) is 4.90 Å². The Morgan fingerprint density at radius 3 is 2.50 bits per heavy atom. The van der Waals surface area contributed by atoms with Crippen molar-refractivity contribution in [1.29, 1.82) is 0 Å². The number of amides is 1. The van der Waals surface area contributed by atoms with Gasteiger partial charge in [0.15, 0.2) is 5.13 Å². The summed E-state index contributed by atoms with van der Waals surface area (Å²) in [4.78, 5) is 19.1. The Balaban J connectivity index is 1.83. The molecule has 2 aromatic carbocycles. The Kier molecular flexibility index (Phi) is 5.28. The Labute approximate surface area is 150 Å². The van der Waals surface area contributed by atoms with Gasteiger partial charge >= 0.3 is 0 Å². The van der Waals surface area contributed by atoms with Crippen LogP contribution in [0, 0.1) is 6.92 Å². The van der Waals surface area contributed by atoms with Crippen LogP contribution in [0.5, 0.6) is 0 Å². The zero-order chi connectivity index (χ0) is 16.9. The minimum atomic E-state index is 0.00969. The van der Waals surface area contributed by atoms with Gasteiger partial charge in [-0.15, -0.1) is 11.3 Å². The van der Waals surface area contributed by atoms with Gasteiger partial charge in [-0.3, -0.25) is 9.69 Å². The second kappa shape index (κ2) is 7.60. The molecule has 0 saturated heterocycles. The van der Waals surface area contributed by atoms with Crippen LogP contribution in [0.15, 0.2) is 60.0 Å². The molecule has 0 N–H and O–H groups in total. The van der Waals surface area contributed by atoms with Gasteiger partial charge in [0.2, 0.25) is 5.91 Å². The number of carbonyl (C=O) groups is 1. The number of anilines is 2. The van der Waals surface area contributed by atoms with Crippen molar-refractivity contribution in [3.8, 4) is 0 Å². The van der Waals surface area contributed by atoms with Crippen molar-refractivity contribution >= 4 is 39.7 Å². The third-order valence-corrected chi connectivity index (χ3v) is 4.94. The fourth-order valence-electron chi connectivity index (χ4n) is 2.44. The zero-order valence-electron chi connectivity index (χ0n) is 13.3. The number of aromatic nitrogens is 1. The highest BCUT2D eigenvalue weighted by Crippen LogP contribution is 2.29. The maximum absolute atomic E-state index is 12.9. The quantitative estimate of drug-likeness (QED) is 0.613. The Bertz CT molecular complexity index is 832. The molecule has 24 heavy (non-hydrogen) atoms. The number of hydrogen-bond donors (Lipinski definition) is 0. The van der Waals surface area contributed by atoms with Crippen molar-refractivity contribution in [1.82, 2.24) is 4.98 Å². The zero-order valence-corrected chi connectivity index (χ0v) is 14.8. The van der Waals surface area contributed by atoms with Gasteiger partial charge in [-0.2, -0.15) is 0 Å². The summed E-state index contributed by atoms with van der Waals surface area (Å²) in [6, 6.07) is 17.2. The highest BCUT2D eigenvalue weighted by Gasteiger charge is 2.20. The molecule has 0 aliphatic heterocycles. The molecule has 3 nitrogen and oxygen atoms in total. The van der Waals surface area contributed by atoms with Crippen LogP contribution < -0.4 is 4.90 Å². The van der Waals surface area contributed by atoms with Gasteiger partial charge in [0.25, 0.3) is 0 Å². The summed E-state index contributed by atoms with van der Waals surface area (Å²) in [6.07, 6.45) is 0.976. The normalized spacial score (nSPS) is 10.6. The van der Waals surface area contributed by atoms with Gasteiger partial charge < -0.3 is 0 Å². The molecule has 0 saturated carbocycles. The maximum Gasteiger partial charge on any atom is 0.233 e. The van der Waals surface area contributed by atoms with Gasteiger partial charge in [0.1, 0.15) is 0 Å². The molecule has 0 bridgehead atoms. The van der Waals surface area contributed by atoms with Crippen LogP contribution in [-0.2, 0) is 11.2 Å². The molecular formula is C19H17ClN2OS. The van der Waals surface area contributed by atoms with Crippen molar-refractivity contribution in [2.75, 3.05) is 4.90 Å². The average molecular weight is 357 g/mol. The van der Waals surface area contributed by atoms with E-state index in [1.807, 2.05) is 66.9 Å². The van der Waals surface area contributed by atoms with Crippen molar-refractivity contribution in [3.05, 3.63) is 76.3 Å². The topological polar surface area (TPSA) is 33.2 Å². The Morgan fingerprint density at radius 1 is 1.12 bits per heavy atom. The molecule has 3 rings (SSSR count). The number of thiazole rings is 1.